The topological polar surface area (TPSA) is 67.1 Å². The Balaban J connectivity index is 2.24. The van der Waals surface area contributed by atoms with Gasteiger partial charge in [0.25, 0.3) is 0 Å². The molecule has 0 radical (unpaired) electrons. The number of rotatable bonds is 2. The zero-order valence-corrected chi connectivity index (χ0v) is 12.0. The van der Waals surface area contributed by atoms with E-state index in [4.69, 9.17) is 23.4 Å². The van der Waals surface area contributed by atoms with Crippen molar-refractivity contribution in [2.75, 3.05) is 21.0 Å². The van der Waals surface area contributed by atoms with E-state index in [1.165, 1.54) is 14.2 Å². The van der Waals surface area contributed by atoms with Gasteiger partial charge in [-0.2, -0.15) is 0 Å². The highest BCUT2D eigenvalue weighted by Gasteiger charge is 2.26. The Bertz CT molecular complexity index is 956. The van der Waals surface area contributed by atoms with E-state index in [2.05, 4.69) is 0 Å². The summed E-state index contributed by atoms with van der Waals surface area (Å²) in [5.74, 6) is 1.67. The van der Waals surface area contributed by atoms with E-state index in [-0.39, 0.29) is 12.2 Å². The normalized spacial score (nSPS) is 12.8. The smallest absolute Gasteiger partial charge is 0.231 e. The first kappa shape index (κ1) is 12.8. The zero-order chi connectivity index (χ0) is 15.3. The van der Waals surface area contributed by atoms with E-state index in [0.717, 1.165) is 0 Å². The molecule has 0 unspecified atom stereocenters. The minimum atomic E-state index is -0.233. The fraction of sp³-hybridized carbons (Fsp3) is 0.188. The molecule has 0 N–H and O–H groups in total. The molecule has 3 aromatic rings. The van der Waals surface area contributed by atoms with Gasteiger partial charge >= 0.3 is 0 Å². The number of hydrogen-bond acceptors (Lipinski definition) is 6. The van der Waals surface area contributed by atoms with Gasteiger partial charge in [0.05, 0.1) is 14.2 Å². The molecule has 1 aromatic heterocycles. The van der Waals surface area contributed by atoms with Gasteiger partial charge in [-0.3, -0.25) is 4.79 Å². The van der Waals surface area contributed by atoms with Gasteiger partial charge in [-0.1, -0.05) is 6.07 Å². The maximum Gasteiger partial charge on any atom is 0.231 e. The quantitative estimate of drug-likeness (QED) is 0.678. The van der Waals surface area contributed by atoms with Crippen molar-refractivity contribution in [1.29, 1.82) is 0 Å². The number of methoxy groups -OCH3 is 2. The molecule has 2 heterocycles. The summed E-state index contributed by atoms with van der Waals surface area (Å²) < 4.78 is 27.2. The van der Waals surface area contributed by atoms with E-state index < -0.39 is 0 Å². The van der Waals surface area contributed by atoms with Crippen LogP contribution >= 0.6 is 0 Å². The van der Waals surface area contributed by atoms with Crippen LogP contribution in [0.15, 0.2) is 33.5 Å². The van der Waals surface area contributed by atoms with Crippen LogP contribution in [0.5, 0.6) is 23.0 Å². The molecule has 0 spiro atoms. The van der Waals surface area contributed by atoms with Crippen LogP contribution in [-0.2, 0) is 0 Å². The fourth-order valence-corrected chi connectivity index (χ4v) is 2.71. The molecule has 0 saturated carbocycles. The average molecular weight is 300 g/mol. The summed E-state index contributed by atoms with van der Waals surface area (Å²) in [6, 6.07) is 6.83. The summed E-state index contributed by atoms with van der Waals surface area (Å²) in [6.07, 6.45) is 0. The third kappa shape index (κ3) is 1.57. The fourth-order valence-electron chi connectivity index (χ4n) is 2.71. The van der Waals surface area contributed by atoms with Gasteiger partial charge in [0, 0.05) is 6.07 Å². The lowest BCUT2D eigenvalue weighted by Crippen LogP contribution is -2.06. The summed E-state index contributed by atoms with van der Waals surface area (Å²) in [5, 5.41) is 0.679. The Morgan fingerprint density at radius 3 is 2.68 bits per heavy atom. The van der Waals surface area contributed by atoms with Gasteiger partial charge in [-0.15, -0.1) is 0 Å². The third-order valence-electron chi connectivity index (χ3n) is 3.67. The van der Waals surface area contributed by atoms with Crippen molar-refractivity contribution < 1.29 is 23.4 Å². The number of benzene rings is 2. The second kappa shape index (κ2) is 4.56. The lowest BCUT2D eigenvalue weighted by atomic mass is 10.1. The van der Waals surface area contributed by atoms with E-state index in [9.17, 15) is 4.79 Å². The Morgan fingerprint density at radius 2 is 1.91 bits per heavy atom. The first-order valence-corrected chi connectivity index (χ1v) is 6.64. The molecule has 112 valence electrons. The van der Waals surface area contributed by atoms with Crippen molar-refractivity contribution in [1.82, 2.24) is 0 Å². The molecule has 0 bridgehead atoms. The second-order valence-electron chi connectivity index (χ2n) is 4.78. The molecule has 4 rings (SSSR count). The van der Waals surface area contributed by atoms with Gasteiger partial charge in [0.1, 0.15) is 27.7 Å². The lowest BCUT2D eigenvalue weighted by molar-refractivity contribution is 0.171. The highest BCUT2D eigenvalue weighted by Crippen LogP contribution is 2.45. The second-order valence-corrected chi connectivity index (χ2v) is 4.78. The highest BCUT2D eigenvalue weighted by molar-refractivity contribution is 5.98. The van der Waals surface area contributed by atoms with Crippen LogP contribution < -0.4 is 24.4 Å². The Hall–Kier alpha value is -2.89. The molecule has 2 aromatic carbocycles. The van der Waals surface area contributed by atoms with Crippen molar-refractivity contribution in [3.8, 4) is 23.0 Å². The molecule has 22 heavy (non-hydrogen) atoms. The maximum atomic E-state index is 12.9. The molecule has 0 fully saturated rings. The first-order valence-electron chi connectivity index (χ1n) is 6.64. The largest absolute Gasteiger partial charge is 0.496 e. The Morgan fingerprint density at radius 1 is 1.05 bits per heavy atom. The van der Waals surface area contributed by atoms with Gasteiger partial charge in [0.2, 0.25) is 18.0 Å². The summed E-state index contributed by atoms with van der Waals surface area (Å²) in [4.78, 5) is 12.9. The molecule has 6 nitrogen and oxygen atoms in total. The summed E-state index contributed by atoms with van der Waals surface area (Å²) in [5.41, 5.74) is 0.591. The van der Waals surface area contributed by atoms with Crippen molar-refractivity contribution in [2.24, 2.45) is 0 Å². The first-order chi connectivity index (χ1) is 10.7. The molecule has 6 heteroatoms. The summed E-state index contributed by atoms with van der Waals surface area (Å²) >= 11 is 0. The number of fused-ring (bicyclic) bond motifs is 3. The van der Waals surface area contributed by atoms with Crippen LogP contribution in [-0.4, -0.2) is 21.0 Å². The molecule has 0 aliphatic carbocycles. The zero-order valence-electron chi connectivity index (χ0n) is 12.0. The van der Waals surface area contributed by atoms with Gasteiger partial charge in [-0.25, -0.2) is 0 Å². The van der Waals surface area contributed by atoms with Crippen LogP contribution in [0.3, 0.4) is 0 Å². The molecule has 1 aliphatic rings. The summed E-state index contributed by atoms with van der Waals surface area (Å²) in [7, 11) is 2.98. The predicted molar refractivity (Wildman–Crippen MR) is 79.2 cm³/mol. The predicted octanol–water partition coefficient (Wildman–Crippen LogP) is 2.69. The minimum absolute atomic E-state index is 0.0824. The molecule has 0 atom stereocenters. The SMILES string of the molecule is COc1cccc2oc3cc4c(c(OC)c3c(=O)c12)OCO4. The third-order valence-corrected chi connectivity index (χ3v) is 3.67. The monoisotopic (exact) mass is 300 g/mol. The van der Waals surface area contributed by atoms with Gasteiger partial charge < -0.3 is 23.4 Å². The lowest BCUT2D eigenvalue weighted by Gasteiger charge is -2.10. The summed E-state index contributed by atoms with van der Waals surface area (Å²) in [6.45, 7) is 0.0824. The standard InChI is InChI=1S/C16H12O6/c1-18-8-4-3-5-9-12(8)14(17)13-10(22-9)6-11-15(16(13)19-2)21-7-20-11/h3-6H,7H2,1-2H3. The van der Waals surface area contributed by atoms with E-state index >= 15 is 0 Å². The highest BCUT2D eigenvalue weighted by atomic mass is 16.7. The van der Waals surface area contributed by atoms with E-state index in [1.807, 2.05) is 0 Å². The van der Waals surface area contributed by atoms with Crippen LogP contribution in [0.25, 0.3) is 21.9 Å². The molecule has 0 saturated heterocycles. The van der Waals surface area contributed by atoms with Crippen LogP contribution in [0, 0.1) is 0 Å². The van der Waals surface area contributed by atoms with Crippen LogP contribution in [0.4, 0.5) is 0 Å². The van der Waals surface area contributed by atoms with Gasteiger partial charge in [-0.05, 0) is 12.1 Å². The van der Waals surface area contributed by atoms with Crippen molar-refractivity contribution in [3.05, 3.63) is 34.5 Å². The molecular formula is C16H12O6. The van der Waals surface area contributed by atoms with Gasteiger partial charge in [0.15, 0.2) is 11.5 Å². The Kier molecular flexibility index (Phi) is 2.66. The van der Waals surface area contributed by atoms with E-state index in [1.54, 1.807) is 24.3 Å². The van der Waals surface area contributed by atoms with Crippen molar-refractivity contribution in [3.63, 3.8) is 0 Å². The van der Waals surface area contributed by atoms with Crippen molar-refractivity contribution in [2.45, 2.75) is 0 Å². The maximum absolute atomic E-state index is 12.9. The van der Waals surface area contributed by atoms with Crippen molar-refractivity contribution >= 4 is 21.9 Å². The Labute approximate surface area is 124 Å². The van der Waals surface area contributed by atoms with Crippen LogP contribution in [0.1, 0.15) is 0 Å². The number of hydrogen-bond donors (Lipinski definition) is 0. The van der Waals surface area contributed by atoms with Crippen LogP contribution in [0.2, 0.25) is 0 Å². The molecule has 0 amide bonds. The number of ether oxygens (including phenoxy) is 4. The minimum Gasteiger partial charge on any atom is -0.496 e. The van der Waals surface area contributed by atoms with E-state index in [0.29, 0.717) is 44.9 Å². The molecule has 1 aliphatic heterocycles. The molecular weight excluding hydrogens is 288 g/mol. The average Bonchev–Trinajstić information content (AvgIpc) is 3.00.